The van der Waals surface area contributed by atoms with Gasteiger partial charge in [0, 0.05) is 22.3 Å². The van der Waals surface area contributed by atoms with E-state index in [2.05, 4.69) is 10.3 Å². The quantitative estimate of drug-likeness (QED) is 0.246. The zero-order valence-electron chi connectivity index (χ0n) is 19.6. The number of hydrogen-bond donors (Lipinski definition) is 3. The minimum absolute atomic E-state index is 0.506. The molecule has 1 heterocycles. The smallest absolute Gasteiger partial charge is 0.413 e. The number of carboxylic acid groups (broad SMARTS) is 1. The highest BCUT2D eigenvalue weighted by Crippen LogP contribution is 2.48. The molecule has 1 aromatic heterocycles. The molecule has 4 aromatic rings. The van der Waals surface area contributed by atoms with Crippen LogP contribution < -0.4 is 5.32 Å². The van der Waals surface area contributed by atoms with E-state index in [9.17, 15) is 14.7 Å². The van der Waals surface area contributed by atoms with E-state index in [4.69, 9.17) is 16.3 Å². The molecule has 36 heavy (non-hydrogen) atoms. The second-order valence-corrected chi connectivity index (χ2v) is 9.41. The lowest BCUT2D eigenvalue weighted by molar-refractivity contribution is -0.140. The predicted molar refractivity (Wildman–Crippen MR) is 140 cm³/mol. The van der Waals surface area contributed by atoms with Gasteiger partial charge in [0.1, 0.15) is 11.9 Å². The van der Waals surface area contributed by atoms with Gasteiger partial charge in [-0.3, -0.25) is 10.1 Å². The first-order chi connectivity index (χ1) is 17.4. The molecule has 0 radical (unpaired) electrons. The van der Waals surface area contributed by atoms with Gasteiger partial charge in [-0.15, -0.1) is 0 Å². The van der Waals surface area contributed by atoms with Gasteiger partial charge in [0.05, 0.1) is 5.41 Å². The number of nitrogens with one attached hydrogen (secondary N) is 2. The number of anilines is 1. The molecule has 3 aromatic carbocycles. The van der Waals surface area contributed by atoms with Gasteiger partial charge < -0.3 is 14.8 Å². The van der Waals surface area contributed by atoms with Gasteiger partial charge in [0.25, 0.3) is 0 Å². The van der Waals surface area contributed by atoms with Crippen LogP contribution in [0.2, 0.25) is 5.02 Å². The minimum Gasteiger partial charge on any atom is -0.481 e. The summed E-state index contributed by atoms with van der Waals surface area (Å²) >= 11 is 6.21. The molecule has 0 aliphatic heterocycles. The third-order valence-corrected chi connectivity index (χ3v) is 7.07. The van der Waals surface area contributed by atoms with Crippen LogP contribution in [0.15, 0.2) is 85.1 Å². The maximum Gasteiger partial charge on any atom is 0.413 e. The highest BCUT2D eigenvalue weighted by molar-refractivity contribution is 6.31. The molecule has 7 heteroatoms. The summed E-state index contributed by atoms with van der Waals surface area (Å²) in [6.07, 6.45) is 2.04. The van der Waals surface area contributed by atoms with Crippen molar-refractivity contribution in [3.8, 4) is 22.3 Å². The Bertz CT molecular complexity index is 1410. The van der Waals surface area contributed by atoms with E-state index in [0.717, 1.165) is 33.4 Å². The fourth-order valence-electron chi connectivity index (χ4n) is 4.45. The van der Waals surface area contributed by atoms with E-state index < -0.39 is 23.6 Å². The molecule has 1 saturated carbocycles. The number of carboxylic acids is 1. The molecule has 0 saturated heterocycles. The molecule has 182 valence electrons. The summed E-state index contributed by atoms with van der Waals surface area (Å²) in [5.74, 6) is -0.218. The monoisotopic (exact) mass is 500 g/mol. The Balaban J connectivity index is 1.27. The van der Waals surface area contributed by atoms with Crippen LogP contribution in [-0.2, 0) is 14.9 Å². The van der Waals surface area contributed by atoms with Crippen LogP contribution in [0.25, 0.3) is 22.3 Å². The van der Waals surface area contributed by atoms with Gasteiger partial charge in [0.15, 0.2) is 0 Å². The van der Waals surface area contributed by atoms with Crippen LogP contribution in [0, 0.1) is 0 Å². The number of halogens is 1. The number of H-pyrrole nitrogens is 1. The maximum atomic E-state index is 12.5. The average molecular weight is 501 g/mol. The number of rotatable bonds is 7. The number of aromatic nitrogens is 1. The van der Waals surface area contributed by atoms with Crippen LogP contribution in [0.5, 0.6) is 0 Å². The average Bonchev–Trinajstić information content (AvgIpc) is 3.58. The van der Waals surface area contributed by atoms with E-state index in [1.54, 1.807) is 19.2 Å². The van der Waals surface area contributed by atoms with Crippen molar-refractivity contribution < 1.29 is 19.4 Å². The first-order valence-corrected chi connectivity index (χ1v) is 12.1. The topological polar surface area (TPSA) is 91.4 Å². The largest absolute Gasteiger partial charge is 0.481 e. The number of hydrogen-bond acceptors (Lipinski definition) is 3. The van der Waals surface area contributed by atoms with Crippen LogP contribution >= 0.6 is 11.6 Å². The third kappa shape index (κ3) is 4.60. The zero-order valence-corrected chi connectivity index (χ0v) is 20.4. The van der Waals surface area contributed by atoms with Gasteiger partial charge in [-0.25, -0.2) is 4.79 Å². The number of ether oxygens (including phenoxy) is 1. The molecule has 1 fully saturated rings. The van der Waals surface area contributed by atoms with Crippen molar-refractivity contribution >= 4 is 29.5 Å². The van der Waals surface area contributed by atoms with Gasteiger partial charge in [-0.2, -0.15) is 0 Å². The molecule has 1 amide bonds. The Kier molecular flexibility index (Phi) is 6.29. The van der Waals surface area contributed by atoms with Gasteiger partial charge in [-0.1, -0.05) is 78.3 Å². The maximum absolute atomic E-state index is 12.5. The molecule has 1 aliphatic rings. The Hall–Kier alpha value is -4.03. The normalized spacial score (nSPS) is 14.6. The molecule has 1 atom stereocenters. The van der Waals surface area contributed by atoms with Gasteiger partial charge in [-0.05, 0) is 54.2 Å². The van der Waals surface area contributed by atoms with Crippen molar-refractivity contribution in [2.24, 2.45) is 0 Å². The van der Waals surface area contributed by atoms with E-state index in [0.29, 0.717) is 23.7 Å². The number of aromatic amines is 1. The number of carbonyl (C=O) groups is 2. The third-order valence-electron chi connectivity index (χ3n) is 6.73. The number of benzene rings is 3. The summed E-state index contributed by atoms with van der Waals surface area (Å²) in [6, 6.07) is 24.9. The first kappa shape index (κ1) is 23.7. The highest BCUT2D eigenvalue weighted by Gasteiger charge is 2.51. The van der Waals surface area contributed by atoms with Crippen LogP contribution in [0.3, 0.4) is 0 Å². The molecule has 3 N–H and O–H groups in total. The van der Waals surface area contributed by atoms with Crippen molar-refractivity contribution in [3.63, 3.8) is 0 Å². The summed E-state index contributed by atoms with van der Waals surface area (Å²) in [4.78, 5) is 27.2. The summed E-state index contributed by atoms with van der Waals surface area (Å²) in [5.41, 5.74) is 4.67. The second-order valence-electron chi connectivity index (χ2n) is 9.00. The standard InChI is InChI=1S/C29H25ClN2O4/c1-18(23-4-2-3-5-25(23)30)36-28(35)32-26-24(14-17-31-26)21-8-6-19(7-9-21)20-10-12-22(13-11-20)29(15-16-29)27(33)34/h2-14,17-18,31H,15-16H2,1H3,(H,32,35)(H,33,34)/t18-/m1/s1. The Labute approximate surface area is 213 Å². The second kappa shape index (κ2) is 9.55. The van der Waals surface area contributed by atoms with Crippen molar-refractivity contribution in [2.45, 2.75) is 31.3 Å². The Morgan fingerprint density at radius 1 is 0.944 bits per heavy atom. The number of amides is 1. The minimum atomic E-state index is -0.752. The van der Waals surface area contributed by atoms with Crippen LogP contribution in [-0.4, -0.2) is 22.2 Å². The van der Waals surface area contributed by atoms with Crippen molar-refractivity contribution in [3.05, 3.63) is 101 Å². The summed E-state index contributed by atoms with van der Waals surface area (Å²) in [7, 11) is 0. The molecule has 0 bridgehead atoms. The van der Waals surface area contributed by atoms with E-state index in [1.165, 1.54) is 0 Å². The molecule has 5 rings (SSSR count). The lowest BCUT2D eigenvalue weighted by Crippen LogP contribution is -2.19. The SMILES string of the molecule is C[C@@H](OC(=O)Nc1[nH]ccc1-c1ccc(-c2ccc(C3(C(=O)O)CC3)cc2)cc1)c1ccccc1Cl. The van der Waals surface area contributed by atoms with Crippen molar-refractivity contribution in [1.82, 2.24) is 4.98 Å². The molecular formula is C29H25ClN2O4. The van der Waals surface area contributed by atoms with Crippen LogP contribution in [0.1, 0.15) is 37.0 Å². The number of aliphatic carboxylic acids is 1. The number of carbonyl (C=O) groups excluding carboxylic acids is 1. The van der Waals surface area contributed by atoms with Gasteiger partial charge >= 0.3 is 12.1 Å². The first-order valence-electron chi connectivity index (χ1n) is 11.7. The lowest BCUT2D eigenvalue weighted by atomic mass is 9.93. The summed E-state index contributed by atoms with van der Waals surface area (Å²) in [6.45, 7) is 1.77. The van der Waals surface area contributed by atoms with E-state index in [1.807, 2.05) is 72.8 Å². The molecule has 0 spiro atoms. The summed E-state index contributed by atoms with van der Waals surface area (Å²) in [5, 5.41) is 12.8. The van der Waals surface area contributed by atoms with Crippen molar-refractivity contribution in [2.75, 3.05) is 5.32 Å². The zero-order chi connectivity index (χ0) is 25.3. The molecule has 6 nitrogen and oxygen atoms in total. The lowest BCUT2D eigenvalue weighted by Gasteiger charge is -2.15. The molecule has 1 aliphatic carbocycles. The van der Waals surface area contributed by atoms with Gasteiger partial charge in [0.2, 0.25) is 0 Å². The van der Waals surface area contributed by atoms with E-state index in [-0.39, 0.29) is 0 Å². The molecule has 0 unspecified atom stereocenters. The summed E-state index contributed by atoms with van der Waals surface area (Å²) < 4.78 is 5.52. The highest BCUT2D eigenvalue weighted by atomic mass is 35.5. The Morgan fingerprint density at radius 2 is 1.56 bits per heavy atom. The molecular weight excluding hydrogens is 476 g/mol. The van der Waals surface area contributed by atoms with Crippen molar-refractivity contribution in [1.29, 1.82) is 0 Å². The predicted octanol–water partition coefficient (Wildman–Crippen LogP) is 7.43. The van der Waals surface area contributed by atoms with Crippen LogP contribution in [0.4, 0.5) is 10.6 Å². The Morgan fingerprint density at radius 3 is 2.17 bits per heavy atom. The van der Waals surface area contributed by atoms with E-state index >= 15 is 0 Å². The fourth-order valence-corrected chi connectivity index (χ4v) is 4.74. The fraction of sp³-hybridized carbons (Fsp3) is 0.172.